The van der Waals surface area contributed by atoms with Gasteiger partial charge >= 0.3 is 5.97 Å². The van der Waals surface area contributed by atoms with Gasteiger partial charge in [-0.05, 0) is 43.9 Å². The highest BCUT2D eigenvalue weighted by molar-refractivity contribution is 5.81. The van der Waals surface area contributed by atoms with Gasteiger partial charge in [0, 0.05) is 6.08 Å². The monoisotopic (exact) mass is 280 g/mol. The summed E-state index contributed by atoms with van der Waals surface area (Å²) in [5, 5.41) is 0. The van der Waals surface area contributed by atoms with E-state index < -0.39 is 0 Å². The van der Waals surface area contributed by atoms with Crippen molar-refractivity contribution in [2.75, 3.05) is 13.2 Å². The molecule has 114 valence electrons. The van der Waals surface area contributed by atoms with Crippen LogP contribution in [0.3, 0.4) is 0 Å². The minimum Gasteiger partial charge on any atom is -0.460 e. The van der Waals surface area contributed by atoms with Gasteiger partial charge in [-0.15, -0.1) is 0 Å². The van der Waals surface area contributed by atoms with Crippen molar-refractivity contribution >= 4 is 5.97 Å². The van der Waals surface area contributed by atoms with Crippen molar-refractivity contribution in [3.63, 3.8) is 0 Å². The Kier molecular flexibility index (Phi) is 8.28. The molecule has 1 aliphatic rings. The molecule has 3 heteroatoms. The minimum atomic E-state index is -0.383. The number of carbonyl (C=O) groups excluding carboxylic acids is 1. The van der Waals surface area contributed by atoms with Gasteiger partial charge in [-0.3, -0.25) is 0 Å². The van der Waals surface area contributed by atoms with E-state index >= 15 is 0 Å². The van der Waals surface area contributed by atoms with Gasteiger partial charge < -0.3 is 9.47 Å². The third kappa shape index (κ3) is 7.49. The van der Waals surface area contributed by atoms with Crippen LogP contribution in [0.15, 0.2) is 24.8 Å². The maximum Gasteiger partial charge on any atom is 0.330 e. The molecule has 20 heavy (non-hydrogen) atoms. The molecular formula is C17H28O3. The molecule has 3 nitrogen and oxygen atoms in total. The lowest BCUT2D eigenvalue weighted by Crippen LogP contribution is -2.20. The van der Waals surface area contributed by atoms with E-state index in [1.807, 2.05) is 0 Å². The van der Waals surface area contributed by atoms with E-state index in [1.54, 1.807) is 0 Å². The van der Waals surface area contributed by atoms with Gasteiger partial charge in [-0.1, -0.05) is 32.6 Å². The van der Waals surface area contributed by atoms with Crippen molar-refractivity contribution in [2.45, 2.75) is 52.1 Å². The summed E-state index contributed by atoms with van der Waals surface area (Å²) in [4.78, 5) is 10.9. The third-order valence-corrected chi connectivity index (χ3v) is 3.59. The van der Waals surface area contributed by atoms with E-state index in [1.165, 1.54) is 25.3 Å². The lowest BCUT2D eigenvalue weighted by Gasteiger charge is -2.21. The van der Waals surface area contributed by atoms with Gasteiger partial charge in [-0.2, -0.15) is 0 Å². The number of esters is 1. The Labute approximate surface area is 123 Å². The molecule has 0 radical (unpaired) electrons. The summed E-state index contributed by atoms with van der Waals surface area (Å²) in [5.74, 6) is 0.966. The average Bonchev–Trinajstić information content (AvgIpc) is 2.92. The normalized spacial score (nSPS) is 19.2. The van der Waals surface area contributed by atoms with Gasteiger partial charge in [0.15, 0.2) is 0 Å². The van der Waals surface area contributed by atoms with Gasteiger partial charge in [0.05, 0.1) is 12.7 Å². The fourth-order valence-corrected chi connectivity index (χ4v) is 2.43. The molecule has 0 aromatic heterocycles. The SMILES string of the molecule is C=CC(=O)OCCOC(CCC(C)C)CC1C=CCC1. The topological polar surface area (TPSA) is 35.5 Å². The molecule has 1 aliphatic carbocycles. The standard InChI is InChI=1S/C17H28O3/c1-4-17(18)20-12-11-19-16(10-9-14(2)3)13-15-7-5-6-8-15/h4-5,7,14-16H,1,6,8-13H2,2-3H3. The molecule has 0 amide bonds. The third-order valence-electron chi connectivity index (χ3n) is 3.59. The fraction of sp³-hybridized carbons (Fsp3) is 0.706. The molecule has 2 atom stereocenters. The summed E-state index contributed by atoms with van der Waals surface area (Å²) in [5.41, 5.74) is 0. The largest absolute Gasteiger partial charge is 0.460 e. The zero-order valence-electron chi connectivity index (χ0n) is 12.8. The highest BCUT2D eigenvalue weighted by atomic mass is 16.6. The summed E-state index contributed by atoms with van der Waals surface area (Å²) < 4.78 is 10.8. The number of ether oxygens (including phenoxy) is 2. The maximum atomic E-state index is 10.9. The Morgan fingerprint density at radius 3 is 2.80 bits per heavy atom. The Balaban J connectivity index is 2.27. The molecule has 0 aromatic rings. The molecule has 2 unspecified atom stereocenters. The van der Waals surface area contributed by atoms with E-state index in [0.29, 0.717) is 25.0 Å². The molecule has 0 N–H and O–H groups in total. The molecular weight excluding hydrogens is 252 g/mol. The maximum absolute atomic E-state index is 10.9. The molecule has 0 aliphatic heterocycles. The first-order valence-electron chi connectivity index (χ1n) is 7.69. The molecule has 0 fully saturated rings. The lowest BCUT2D eigenvalue weighted by atomic mass is 9.96. The zero-order chi connectivity index (χ0) is 14.8. The van der Waals surface area contributed by atoms with E-state index in [4.69, 9.17) is 9.47 Å². The molecule has 0 saturated heterocycles. The lowest BCUT2D eigenvalue weighted by molar-refractivity contribution is -0.140. The summed E-state index contributed by atoms with van der Waals surface area (Å²) in [6, 6.07) is 0. The zero-order valence-corrected chi connectivity index (χ0v) is 12.8. The number of allylic oxidation sites excluding steroid dienone is 2. The average molecular weight is 280 g/mol. The van der Waals surface area contributed by atoms with Crippen LogP contribution in [0.2, 0.25) is 0 Å². The van der Waals surface area contributed by atoms with Gasteiger partial charge in [0.1, 0.15) is 6.61 Å². The van der Waals surface area contributed by atoms with Gasteiger partial charge in [0.2, 0.25) is 0 Å². The quantitative estimate of drug-likeness (QED) is 0.263. The molecule has 0 saturated carbocycles. The highest BCUT2D eigenvalue weighted by Gasteiger charge is 2.17. The predicted octanol–water partition coefficient (Wildman–Crippen LogP) is 3.89. The fourth-order valence-electron chi connectivity index (χ4n) is 2.43. The van der Waals surface area contributed by atoms with Gasteiger partial charge in [0.25, 0.3) is 0 Å². The first kappa shape index (κ1) is 17.0. The molecule has 1 rings (SSSR count). The second-order valence-corrected chi connectivity index (χ2v) is 5.84. The first-order chi connectivity index (χ1) is 9.61. The van der Waals surface area contributed by atoms with Crippen molar-refractivity contribution in [3.8, 4) is 0 Å². The van der Waals surface area contributed by atoms with Crippen LogP contribution in [0.1, 0.15) is 46.0 Å². The summed E-state index contributed by atoms with van der Waals surface area (Å²) in [6.45, 7) is 8.62. The Bertz CT molecular complexity index is 320. The van der Waals surface area contributed by atoms with Crippen molar-refractivity contribution in [2.24, 2.45) is 11.8 Å². The van der Waals surface area contributed by atoms with Crippen LogP contribution >= 0.6 is 0 Å². The number of hydrogen-bond acceptors (Lipinski definition) is 3. The Morgan fingerprint density at radius 2 is 2.20 bits per heavy atom. The molecule has 0 heterocycles. The number of rotatable bonds is 10. The second-order valence-electron chi connectivity index (χ2n) is 5.84. The molecule has 0 spiro atoms. The Hall–Kier alpha value is -1.09. The molecule has 0 bridgehead atoms. The van der Waals surface area contributed by atoms with Crippen molar-refractivity contribution < 1.29 is 14.3 Å². The Morgan fingerprint density at radius 1 is 1.40 bits per heavy atom. The first-order valence-corrected chi connectivity index (χ1v) is 7.69. The van der Waals surface area contributed by atoms with Crippen LogP contribution in [0.4, 0.5) is 0 Å². The minimum absolute atomic E-state index is 0.271. The van der Waals surface area contributed by atoms with Crippen molar-refractivity contribution in [1.82, 2.24) is 0 Å². The number of hydrogen-bond donors (Lipinski definition) is 0. The summed E-state index contributed by atoms with van der Waals surface area (Å²) in [6.07, 6.45) is 11.8. The van der Waals surface area contributed by atoms with Crippen molar-refractivity contribution in [1.29, 1.82) is 0 Å². The second kappa shape index (κ2) is 9.76. The predicted molar refractivity (Wildman–Crippen MR) is 81.4 cm³/mol. The van der Waals surface area contributed by atoms with Crippen LogP contribution in [0.25, 0.3) is 0 Å². The summed E-state index contributed by atoms with van der Waals surface area (Å²) in [7, 11) is 0. The van der Waals surface area contributed by atoms with Crippen LogP contribution in [0.5, 0.6) is 0 Å². The van der Waals surface area contributed by atoms with E-state index in [9.17, 15) is 4.79 Å². The highest BCUT2D eigenvalue weighted by Crippen LogP contribution is 2.25. The number of carbonyl (C=O) groups is 1. The van der Waals surface area contributed by atoms with Crippen molar-refractivity contribution in [3.05, 3.63) is 24.8 Å². The van der Waals surface area contributed by atoms with Crippen LogP contribution in [-0.2, 0) is 14.3 Å². The smallest absolute Gasteiger partial charge is 0.330 e. The van der Waals surface area contributed by atoms with E-state index in [0.717, 1.165) is 12.8 Å². The van der Waals surface area contributed by atoms with E-state index in [2.05, 4.69) is 32.6 Å². The summed E-state index contributed by atoms with van der Waals surface area (Å²) >= 11 is 0. The van der Waals surface area contributed by atoms with Crippen LogP contribution in [-0.4, -0.2) is 25.3 Å². The van der Waals surface area contributed by atoms with Crippen LogP contribution < -0.4 is 0 Å². The van der Waals surface area contributed by atoms with Crippen LogP contribution in [0, 0.1) is 11.8 Å². The van der Waals surface area contributed by atoms with E-state index in [-0.39, 0.29) is 12.1 Å². The molecule has 0 aromatic carbocycles. The van der Waals surface area contributed by atoms with Gasteiger partial charge in [-0.25, -0.2) is 4.79 Å².